The van der Waals surface area contributed by atoms with Crippen LogP contribution in [0.15, 0.2) is 0 Å². The molecule has 0 saturated carbocycles. The maximum Gasteiger partial charge on any atom is 0.153 e. The SMILES string of the molecule is O[C@@H]1CSC[C@H](O)C1F. The van der Waals surface area contributed by atoms with Crippen molar-refractivity contribution in [2.24, 2.45) is 0 Å². The van der Waals surface area contributed by atoms with E-state index in [9.17, 15) is 4.39 Å². The number of alkyl halides is 1. The van der Waals surface area contributed by atoms with Crippen molar-refractivity contribution < 1.29 is 14.6 Å². The lowest BCUT2D eigenvalue weighted by Gasteiger charge is -2.25. The molecule has 1 unspecified atom stereocenters. The number of halogens is 1. The number of aliphatic hydroxyl groups is 2. The highest BCUT2D eigenvalue weighted by atomic mass is 32.2. The van der Waals surface area contributed by atoms with Crippen LogP contribution in [0.3, 0.4) is 0 Å². The summed E-state index contributed by atoms with van der Waals surface area (Å²) < 4.78 is 12.5. The minimum Gasteiger partial charge on any atom is -0.389 e. The van der Waals surface area contributed by atoms with Gasteiger partial charge in [-0.15, -0.1) is 0 Å². The molecule has 0 amide bonds. The van der Waals surface area contributed by atoms with Crippen LogP contribution in [0, 0.1) is 0 Å². The highest BCUT2D eigenvalue weighted by Crippen LogP contribution is 2.20. The molecule has 0 radical (unpaired) electrons. The van der Waals surface area contributed by atoms with Crippen LogP contribution in [-0.4, -0.2) is 40.1 Å². The Kier molecular flexibility index (Phi) is 2.32. The summed E-state index contributed by atoms with van der Waals surface area (Å²) in [5, 5.41) is 17.6. The second-order valence-corrected chi connectivity index (χ2v) is 3.19. The van der Waals surface area contributed by atoms with Crippen LogP contribution in [0.5, 0.6) is 0 Å². The molecule has 1 saturated heterocycles. The van der Waals surface area contributed by atoms with Crippen LogP contribution in [0.4, 0.5) is 4.39 Å². The minimum atomic E-state index is -1.44. The van der Waals surface area contributed by atoms with E-state index in [2.05, 4.69) is 0 Å². The summed E-state index contributed by atoms with van der Waals surface area (Å²) in [6.07, 6.45) is -3.39. The molecule has 9 heavy (non-hydrogen) atoms. The van der Waals surface area contributed by atoms with Crippen LogP contribution in [0.2, 0.25) is 0 Å². The van der Waals surface area contributed by atoms with Gasteiger partial charge in [0, 0.05) is 11.5 Å². The number of rotatable bonds is 0. The van der Waals surface area contributed by atoms with Crippen LogP contribution < -0.4 is 0 Å². The van der Waals surface area contributed by atoms with Gasteiger partial charge >= 0.3 is 0 Å². The summed E-state index contributed by atoms with van der Waals surface area (Å²) in [6.45, 7) is 0. The highest BCUT2D eigenvalue weighted by molar-refractivity contribution is 7.99. The summed E-state index contributed by atoms with van der Waals surface area (Å²) >= 11 is 1.37. The van der Waals surface area contributed by atoms with Crippen LogP contribution >= 0.6 is 11.8 Å². The first-order chi connectivity index (χ1) is 4.22. The first-order valence-electron chi connectivity index (χ1n) is 2.80. The molecule has 2 N–H and O–H groups in total. The van der Waals surface area contributed by atoms with Crippen LogP contribution in [0.25, 0.3) is 0 Å². The molecule has 3 atom stereocenters. The summed E-state index contributed by atoms with van der Waals surface area (Å²) in [6, 6.07) is 0. The van der Waals surface area contributed by atoms with Crippen LogP contribution in [0.1, 0.15) is 0 Å². The number of aliphatic hydroxyl groups excluding tert-OH is 2. The first kappa shape index (κ1) is 7.31. The molecule has 4 heteroatoms. The smallest absolute Gasteiger partial charge is 0.153 e. The fourth-order valence-corrected chi connectivity index (χ4v) is 1.74. The molecule has 1 heterocycles. The Morgan fingerprint density at radius 1 is 1.22 bits per heavy atom. The molecule has 1 fully saturated rings. The Hall–Kier alpha value is 0.200. The molecule has 1 rings (SSSR count). The van der Waals surface area contributed by atoms with Gasteiger partial charge in [-0.25, -0.2) is 4.39 Å². The second-order valence-electron chi connectivity index (χ2n) is 2.12. The van der Waals surface area contributed by atoms with E-state index in [1.54, 1.807) is 0 Å². The van der Waals surface area contributed by atoms with Crippen molar-refractivity contribution in [2.45, 2.75) is 18.4 Å². The Labute approximate surface area is 57.1 Å². The Morgan fingerprint density at radius 3 is 2.00 bits per heavy atom. The van der Waals surface area contributed by atoms with Gasteiger partial charge < -0.3 is 10.2 Å². The molecule has 0 bridgehead atoms. The van der Waals surface area contributed by atoms with Crippen molar-refractivity contribution in [3.05, 3.63) is 0 Å². The molecule has 0 spiro atoms. The molecule has 2 nitrogen and oxygen atoms in total. The molecular weight excluding hydrogens is 143 g/mol. The minimum absolute atomic E-state index is 0.401. The Morgan fingerprint density at radius 2 is 1.67 bits per heavy atom. The van der Waals surface area contributed by atoms with E-state index >= 15 is 0 Å². The summed E-state index contributed by atoms with van der Waals surface area (Å²) in [5.74, 6) is 0.802. The molecule has 54 valence electrons. The van der Waals surface area contributed by atoms with Gasteiger partial charge in [-0.2, -0.15) is 11.8 Å². The number of hydrogen-bond donors (Lipinski definition) is 2. The van der Waals surface area contributed by atoms with Crippen molar-refractivity contribution in [3.63, 3.8) is 0 Å². The van der Waals surface area contributed by atoms with Gasteiger partial charge in [-0.1, -0.05) is 0 Å². The normalized spacial score (nSPS) is 45.0. The average molecular weight is 152 g/mol. The first-order valence-corrected chi connectivity index (χ1v) is 3.95. The molecule has 0 aromatic carbocycles. The van der Waals surface area contributed by atoms with Gasteiger partial charge in [0.25, 0.3) is 0 Å². The highest BCUT2D eigenvalue weighted by Gasteiger charge is 2.30. The average Bonchev–Trinajstić information content (AvgIpc) is 1.83. The number of thioether (sulfide) groups is 1. The van der Waals surface area contributed by atoms with Gasteiger partial charge in [0.1, 0.15) is 0 Å². The van der Waals surface area contributed by atoms with E-state index in [1.807, 2.05) is 0 Å². The lowest BCUT2D eigenvalue weighted by atomic mass is 10.1. The van der Waals surface area contributed by atoms with Crippen molar-refractivity contribution in [3.8, 4) is 0 Å². The second kappa shape index (κ2) is 2.86. The van der Waals surface area contributed by atoms with Crippen molar-refractivity contribution in [2.75, 3.05) is 11.5 Å². The summed E-state index contributed by atoms with van der Waals surface area (Å²) in [7, 11) is 0. The monoisotopic (exact) mass is 152 g/mol. The van der Waals surface area contributed by atoms with Gasteiger partial charge in [0.2, 0.25) is 0 Å². The van der Waals surface area contributed by atoms with Gasteiger partial charge in [0.05, 0.1) is 12.2 Å². The maximum absolute atomic E-state index is 12.5. The summed E-state index contributed by atoms with van der Waals surface area (Å²) in [5.41, 5.74) is 0. The van der Waals surface area contributed by atoms with E-state index in [1.165, 1.54) is 11.8 Å². The predicted molar refractivity (Wildman–Crippen MR) is 34.2 cm³/mol. The van der Waals surface area contributed by atoms with Crippen molar-refractivity contribution >= 4 is 11.8 Å². The van der Waals surface area contributed by atoms with E-state index in [-0.39, 0.29) is 0 Å². The fraction of sp³-hybridized carbons (Fsp3) is 1.00. The third kappa shape index (κ3) is 1.56. The topological polar surface area (TPSA) is 40.5 Å². The standard InChI is InChI=1S/C5H9FO2S/c6-5-3(7)1-9-2-4(5)8/h3-5,7-8H,1-2H2/t3-,4+,5?. The third-order valence-electron chi connectivity index (χ3n) is 1.31. The lowest BCUT2D eigenvalue weighted by molar-refractivity contribution is 0.00674. The molecule has 0 aromatic heterocycles. The van der Waals surface area contributed by atoms with E-state index < -0.39 is 18.4 Å². The maximum atomic E-state index is 12.5. The number of hydrogen-bond acceptors (Lipinski definition) is 3. The summed E-state index contributed by atoms with van der Waals surface area (Å²) in [4.78, 5) is 0. The molecule has 0 aromatic rings. The molecule has 0 aliphatic carbocycles. The Balaban J connectivity index is 2.41. The van der Waals surface area contributed by atoms with E-state index in [0.29, 0.717) is 11.5 Å². The lowest BCUT2D eigenvalue weighted by Crippen LogP contribution is -2.40. The zero-order valence-electron chi connectivity index (χ0n) is 4.83. The molecule has 1 aliphatic heterocycles. The van der Waals surface area contributed by atoms with E-state index in [4.69, 9.17) is 10.2 Å². The van der Waals surface area contributed by atoms with Crippen LogP contribution in [-0.2, 0) is 0 Å². The zero-order chi connectivity index (χ0) is 6.85. The molecular formula is C5H9FO2S. The Bertz CT molecular complexity index is 91.0. The third-order valence-corrected chi connectivity index (χ3v) is 2.47. The van der Waals surface area contributed by atoms with Crippen molar-refractivity contribution in [1.29, 1.82) is 0 Å². The van der Waals surface area contributed by atoms with E-state index in [0.717, 1.165) is 0 Å². The van der Waals surface area contributed by atoms with Gasteiger partial charge in [-0.3, -0.25) is 0 Å². The van der Waals surface area contributed by atoms with Crippen molar-refractivity contribution in [1.82, 2.24) is 0 Å². The predicted octanol–water partition coefficient (Wildman–Crippen LogP) is -0.207. The quantitative estimate of drug-likeness (QED) is 0.504. The zero-order valence-corrected chi connectivity index (χ0v) is 5.64. The molecule has 1 aliphatic rings. The van der Waals surface area contributed by atoms with Gasteiger partial charge in [-0.05, 0) is 0 Å². The fourth-order valence-electron chi connectivity index (χ4n) is 0.750. The largest absolute Gasteiger partial charge is 0.389 e. The van der Waals surface area contributed by atoms with Gasteiger partial charge in [0.15, 0.2) is 6.17 Å².